The van der Waals surface area contributed by atoms with Crippen LogP contribution in [0.4, 0.5) is 0 Å². The number of carbonyl (C=O) groups excluding carboxylic acids is 1. The van der Waals surface area contributed by atoms with Crippen LogP contribution < -0.4 is 14.8 Å². The van der Waals surface area contributed by atoms with Crippen molar-refractivity contribution in [3.05, 3.63) is 22.8 Å². The van der Waals surface area contributed by atoms with Gasteiger partial charge < -0.3 is 19.9 Å². The maximum Gasteiger partial charge on any atom is 0.311 e. The zero-order chi connectivity index (χ0) is 20.4. The molecule has 0 aromatic heterocycles. The molecule has 0 heterocycles. The van der Waals surface area contributed by atoms with Crippen LogP contribution in [0, 0.1) is 20.8 Å². The summed E-state index contributed by atoms with van der Waals surface area (Å²) in [6.45, 7) is 12.7. The van der Waals surface area contributed by atoms with Crippen molar-refractivity contribution in [1.82, 2.24) is 5.32 Å². The number of ether oxygens (including phenoxy) is 2. The number of hydrogen-bond acceptors (Lipinski definition) is 5. The van der Waals surface area contributed by atoms with E-state index in [1.54, 1.807) is 0 Å². The van der Waals surface area contributed by atoms with Crippen LogP contribution in [0.5, 0.6) is 11.5 Å². The second-order valence-electron chi connectivity index (χ2n) is 7.58. The highest BCUT2D eigenvalue weighted by atomic mass is 16.5. The molecule has 5 nitrogen and oxygen atoms in total. The third-order valence-corrected chi connectivity index (χ3v) is 4.62. The summed E-state index contributed by atoms with van der Waals surface area (Å²) in [6, 6.07) is 2.20. The molecular formula is C22H37NO4. The van der Waals surface area contributed by atoms with E-state index in [9.17, 15) is 9.90 Å². The number of rotatable bonds is 12. The van der Waals surface area contributed by atoms with Gasteiger partial charge in [-0.25, -0.2) is 0 Å². The molecule has 154 valence electrons. The van der Waals surface area contributed by atoms with E-state index >= 15 is 0 Å². The lowest BCUT2D eigenvalue weighted by molar-refractivity contribution is -0.134. The monoisotopic (exact) mass is 379 g/mol. The van der Waals surface area contributed by atoms with Crippen LogP contribution >= 0.6 is 0 Å². The first-order valence-corrected chi connectivity index (χ1v) is 10.1. The standard InChI is InChI=1S/C22H37NO4/c1-7-8-9-10-11-21(25)27-22-16(4)12-20(17(5)18(22)6)26-14-19(24)13-23-15(2)3/h12,15,19,23-24H,7-11,13-14H2,1-6H3. The number of aliphatic hydroxyl groups is 1. The van der Waals surface area contributed by atoms with Gasteiger partial charge in [0.1, 0.15) is 24.2 Å². The number of hydrogen-bond donors (Lipinski definition) is 2. The van der Waals surface area contributed by atoms with Crippen molar-refractivity contribution < 1.29 is 19.4 Å². The van der Waals surface area contributed by atoms with Gasteiger partial charge in [0.25, 0.3) is 0 Å². The van der Waals surface area contributed by atoms with E-state index in [-0.39, 0.29) is 12.6 Å². The van der Waals surface area contributed by atoms with Crippen LogP contribution in [-0.4, -0.2) is 36.4 Å². The molecule has 5 heteroatoms. The summed E-state index contributed by atoms with van der Waals surface area (Å²) < 4.78 is 11.4. The molecule has 0 aliphatic heterocycles. The second kappa shape index (κ2) is 12.0. The Hall–Kier alpha value is -1.59. The predicted octanol–water partition coefficient (Wildman–Crippen LogP) is 4.23. The average Bonchev–Trinajstić information content (AvgIpc) is 2.62. The van der Waals surface area contributed by atoms with Gasteiger partial charge in [-0.3, -0.25) is 4.79 Å². The lowest BCUT2D eigenvalue weighted by Crippen LogP contribution is -2.35. The molecule has 0 aliphatic rings. The topological polar surface area (TPSA) is 67.8 Å². The van der Waals surface area contributed by atoms with Gasteiger partial charge in [0.15, 0.2) is 0 Å². The Morgan fingerprint density at radius 3 is 2.48 bits per heavy atom. The largest absolute Gasteiger partial charge is 0.491 e. The normalized spacial score (nSPS) is 12.3. The molecule has 0 fully saturated rings. The Balaban J connectivity index is 2.68. The molecular weight excluding hydrogens is 342 g/mol. The van der Waals surface area contributed by atoms with Crippen LogP contribution in [0.25, 0.3) is 0 Å². The van der Waals surface area contributed by atoms with Crippen molar-refractivity contribution in [2.24, 2.45) is 0 Å². The van der Waals surface area contributed by atoms with Gasteiger partial charge in [-0.2, -0.15) is 0 Å². The summed E-state index contributed by atoms with van der Waals surface area (Å²) in [6.07, 6.45) is 4.10. The minimum atomic E-state index is -0.576. The third kappa shape index (κ3) is 8.31. The Kier molecular flexibility index (Phi) is 10.4. The Labute approximate surface area is 164 Å². The zero-order valence-corrected chi connectivity index (χ0v) is 17.9. The van der Waals surface area contributed by atoms with Crippen molar-refractivity contribution in [2.75, 3.05) is 13.2 Å². The van der Waals surface area contributed by atoms with E-state index in [0.29, 0.717) is 24.8 Å². The van der Waals surface area contributed by atoms with Crippen molar-refractivity contribution in [3.63, 3.8) is 0 Å². The van der Waals surface area contributed by atoms with Crippen LogP contribution in [0.1, 0.15) is 69.6 Å². The average molecular weight is 380 g/mol. The summed E-state index contributed by atoms with van der Waals surface area (Å²) >= 11 is 0. The highest BCUT2D eigenvalue weighted by Crippen LogP contribution is 2.33. The number of aryl methyl sites for hydroxylation is 1. The molecule has 2 N–H and O–H groups in total. The fourth-order valence-electron chi connectivity index (χ4n) is 2.81. The lowest BCUT2D eigenvalue weighted by atomic mass is 10.0. The molecule has 0 bridgehead atoms. The fourth-order valence-corrected chi connectivity index (χ4v) is 2.81. The molecule has 1 aromatic rings. The molecule has 0 radical (unpaired) electrons. The summed E-state index contributed by atoms with van der Waals surface area (Å²) in [5.74, 6) is 1.17. The summed E-state index contributed by atoms with van der Waals surface area (Å²) in [5, 5.41) is 13.2. The van der Waals surface area contributed by atoms with Gasteiger partial charge >= 0.3 is 5.97 Å². The van der Waals surface area contributed by atoms with Crippen molar-refractivity contribution >= 4 is 5.97 Å². The summed E-state index contributed by atoms with van der Waals surface area (Å²) in [7, 11) is 0. The number of esters is 1. The Bertz CT molecular complexity index is 598. The minimum absolute atomic E-state index is 0.180. The summed E-state index contributed by atoms with van der Waals surface area (Å²) in [4.78, 5) is 12.1. The van der Waals surface area contributed by atoms with Gasteiger partial charge in [0.2, 0.25) is 0 Å². The quantitative estimate of drug-likeness (QED) is 0.323. The summed E-state index contributed by atoms with van der Waals surface area (Å²) in [5.41, 5.74) is 2.70. The first-order chi connectivity index (χ1) is 12.8. The number of aliphatic hydroxyl groups excluding tert-OH is 1. The molecule has 0 saturated carbocycles. The van der Waals surface area contributed by atoms with E-state index in [2.05, 4.69) is 12.2 Å². The maximum atomic E-state index is 12.1. The predicted molar refractivity (Wildman–Crippen MR) is 110 cm³/mol. The highest BCUT2D eigenvalue weighted by Gasteiger charge is 2.16. The highest BCUT2D eigenvalue weighted by molar-refractivity contribution is 5.73. The molecule has 1 rings (SSSR count). The molecule has 0 amide bonds. The van der Waals surface area contributed by atoms with E-state index in [0.717, 1.165) is 48.1 Å². The number of unbranched alkanes of at least 4 members (excludes halogenated alkanes) is 3. The van der Waals surface area contributed by atoms with E-state index in [1.165, 1.54) is 0 Å². The van der Waals surface area contributed by atoms with Crippen molar-refractivity contribution in [2.45, 2.75) is 85.8 Å². The van der Waals surface area contributed by atoms with Crippen molar-refractivity contribution in [1.29, 1.82) is 0 Å². The van der Waals surface area contributed by atoms with Crippen molar-refractivity contribution in [3.8, 4) is 11.5 Å². The Morgan fingerprint density at radius 2 is 1.85 bits per heavy atom. The van der Waals surface area contributed by atoms with Gasteiger partial charge in [-0.15, -0.1) is 0 Å². The fraction of sp³-hybridized carbons (Fsp3) is 0.682. The molecule has 0 aliphatic carbocycles. The zero-order valence-electron chi connectivity index (χ0n) is 17.9. The first kappa shape index (κ1) is 23.4. The molecule has 0 saturated heterocycles. The molecule has 27 heavy (non-hydrogen) atoms. The Morgan fingerprint density at radius 1 is 1.15 bits per heavy atom. The van der Waals surface area contributed by atoms with Crippen LogP contribution in [0.3, 0.4) is 0 Å². The van der Waals surface area contributed by atoms with E-state index in [1.807, 2.05) is 40.7 Å². The van der Waals surface area contributed by atoms with Gasteiger partial charge in [-0.05, 0) is 49.9 Å². The van der Waals surface area contributed by atoms with Crippen LogP contribution in [0.2, 0.25) is 0 Å². The minimum Gasteiger partial charge on any atom is -0.491 e. The smallest absolute Gasteiger partial charge is 0.311 e. The number of nitrogens with one attached hydrogen (secondary N) is 1. The second-order valence-corrected chi connectivity index (χ2v) is 7.58. The van der Waals surface area contributed by atoms with Gasteiger partial charge in [-0.1, -0.05) is 40.0 Å². The van der Waals surface area contributed by atoms with E-state index < -0.39 is 6.10 Å². The lowest BCUT2D eigenvalue weighted by Gasteiger charge is -2.19. The van der Waals surface area contributed by atoms with Gasteiger partial charge in [0, 0.05) is 19.0 Å². The molecule has 1 atom stereocenters. The first-order valence-electron chi connectivity index (χ1n) is 10.1. The number of carbonyl (C=O) groups is 1. The van der Waals surface area contributed by atoms with E-state index in [4.69, 9.17) is 9.47 Å². The van der Waals surface area contributed by atoms with Crippen LogP contribution in [0.15, 0.2) is 6.07 Å². The third-order valence-electron chi connectivity index (χ3n) is 4.62. The maximum absolute atomic E-state index is 12.1. The van der Waals surface area contributed by atoms with Gasteiger partial charge in [0.05, 0.1) is 0 Å². The molecule has 1 aromatic carbocycles. The SMILES string of the molecule is CCCCCCC(=O)Oc1c(C)cc(OCC(O)CNC(C)C)c(C)c1C. The number of benzene rings is 1. The molecule has 0 spiro atoms. The van der Waals surface area contributed by atoms with Crippen LogP contribution in [-0.2, 0) is 4.79 Å². The molecule has 1 unspecified atom stereocenters.